The van der Waals surface area contributed by atoms with E-state index in [2.05, 4.69) is 5.32 Å². The molecule has 2 saturated carbocycles. The van der Waals surface area contributed by atoms with Crippen molar-refractivity contribution in [3.8, 4) is 0 Å². The number of amides is 1. The average Bonchev–Trinajstić information content (AvgIpc) is 3.23. The van der Waals surface area contributed by atoms with E-state index in [1.165, 1.54) is 0 Å². The zero-order valence-electron chi connectivity index (χ0n) is 10.8. The largest absolute Gasteiger partial charge is 0.411 e. The van der Waals surface area contributed by atoms with Gasteiger partial charge in [0, 0.05) is 5.69 Å². The topological polar surface area (TPSA) is 55.1 Å². The van der Waals surface area contributed by atoms with Crippen LogP contribution < -0.4 is 11.1 Å². The number of alkyl halides is 3. The minimum absolute atomic E-state index is 0.0277. The highest BCUT2D eigenvalue weighted by molar-refractivity contribution is 5.92. The fourth-order valence-electron chi connectivity index (χ4n) is 2.52. The van der Waals surface area contributed by atoms with Gasteiger partial charge in [0.2, 0.25) is 5.91 Å². The maximum atomic E-state index is 12.9. The van der Waals surface area contributed by atoms with E-state index in [1.54, 1.807) is 24.3 Å². The van der Waals surface area contributed by atoms with Gasteiger partial charge < -0.3 is 11.1 Å². The molecule has 20 heavy (non-hydrogen) atoms. The molecule has 0 saturated heterocycles. The van der Waals surface area contributed by atoms with Gasteiger partial charge in [-0.05, 0) is 43.4 Å². The Hall–Kier alpha value is -1.72. The van der Waals surface area contributed by atoms with Crippen LogP contribution >= 0.6 is 0 Å². The summed E-state index contributed by atoms with van der Waals surface area (Å²) in [5.74, 6) is -0.517. The lowest BCUT2D eigenvalue weighted by atomic mass is 9.94. The number of rotatable bonds is 3. The summed E-state index contributed by atoms with van der Waals surface area (Å²) >= 11 is 0. The van der Waals surface area contributed by atoms with Gasteiger partial charge in [-0.2, -0.15) is 13.2 Å². The van der Waals surface area contributed by atoms with E-state index in [4.69, 9.17) is 5.73 Å². The number of carbonyl (C=O) groups is 1. The van der Waals surface area contributed by atoms with Gasteiger partial charge in [-0.1, -0.05) is 12.1 Å². The Labute approximate surface area is 114 Å². The maximum Gasteiger partial charge on any atom is 0.411 e. The highest BCUT2D eigenvalue weighted by atomic mass is 19.4. The number of anilines is 1. The van der Waals surface area contributed by atoms with Crippen LogP contribution in [0.3, 0.4) is 0 Å². The third-order valence-corrected chi connectivity index (χ3v) is 4.29. The monoisotopic (exact) mass is 284 g/mol. The predicted molar refractivity (Wildman–Crippen MR) is 67.9 cm³/mol. The number of hydrogen-bond acceptors (Lipinski definition) is 2. The minimum Gasteiger partial charge on any atom is -0.399 e. The van der Waals surface area contributed by atoms with Gasteiger partial charge in [-0.15, -0.1) is 0 Å². The fraction of sp³-hybridized carbons (Fsp3) is 0.500. The van der Waals surface area contributed by atoms with Crippen LogP contribution in [0.1, 0.15) is 31.2 Å². The van der Waals surface area contributed by atoms with Crippen molar-refractivity contribution in [3.05, 3.63) is 29.8 Å². The third kappa shape index (κ3) is 1.94. The molecule has 3 N–H and O–H groups in total. The smallest absolute Gasteiger partial charge is 0.399 e. The Balaban J connectivity index is 1.79. The second-order valence-electron chi connectivity index (χ2n) is 5.74. The van der Waals surface area contributed by atoms with E-state index < -0.39 is 23.0 Å². The molecule has 108 valence electrons. The highest BCUT2D eigenvalue weighted by Crippen LogP contribution is 2.53. The highest BCUT2D eigenvalue weighted by Gasteiger charge is 2.66. The van der Waals surface area contributed by atoms with Gasteiger partial charge in [0.15, 0.2) is 0 Å². The van der Waals surface area contributed by atoms with Crippen LogP contribution in [0.15, 0.2) is 24.3 Å². The summed E-state index contributed by atoms with van der Waals surface area (Å²) in [5, 5.41) is 2.23. The zero-order valence-corrected chi connectivity index (χ0v) is 10.8. The second kappa shape index (κ2) is 3.90. The van der Waals surface area contributed by atoms with E-state index in [0.717, 1.165) is 5.56 Å². The standard InChI is InChI=1S/C14H15F3N2O/c15-14(16,17)13(7-8-13)19-11(20)12(5-6-12)9-1-3-10(18)4-2-9/h1-4H,5-8,18H2,(H,19,20). The quantitative estimate of drug-likeness (QED) is 0.838. The molecule has 0 spiro atoms. The summed E-state index contributed by atoms with van der Waals surface area (Å²) in [6.07, 6.45) is -3.27. The fourth-order valence-corrected chi connectivity index (χ4v) is 2.52. The van der Waals surface area contributed by atoms with E-state index in [0.29, 0.717) is 18.5 Å². The molecule has 0 aromatic heterocycles. The number of benzene rings is 1. The Morgan fingerprint density at radius 3 is 2.05 bits per heavy atom. The summed E-state index contributed by atoms with van der Waals surface area (Å²) in [7, 11) is 0. The molecule has 2 aliphatic rings. The van der Waals surface area contributed by atoms with Gasteiger partial charge in [0.1, 0.15) is 5.54 Å². The van der Waals surface area contributed by atoms with Crippen molar-refractivity contribution in [1.29, 1.82) is 0 Å². The number of nitrogens with two attached hydrogens (primary N) is 1. The minimum atomic E-state index is -4.38. The molecule has 0 heterocycles. The SMILES string of the molecule is Nc1ccc(C2(C(=O)NC3(C(F)(F)F)CC3)CC2)cc1. The first-order chi connectivity index (χ1) is 9.29. The summed E-state index contributed by atoms with van der Waals surface area (Å²) in [6, 6.07) is 6.77. The van der Waals surface area contributed by atoms with Crippen LogP contribution in [-0.2, 0) is 10.2 Å². The molecule has 0 radical (unpaired) electrons. The number of nitrogen functional groups attached to an aromatic ring is 1. The van der Waals surface area contributed by atoms with Gasteiger partial charge in [-0.25, -0.2) is 0 Å². The van der Waals surface area contributed by atoms with Gasteiger partial charge in [0.25, 0.3) is 0 Å². The van der Waals surface area contributed by atoms with Crippen LogP contribution in [0.25, 0.3) is 0 Å². The number of carbonyl (C=O) groups excluding carboxylic acids is 1. The second-order valence-corrected chi connectivity index (χ2v) is 5.74. The lowest BCUT2D eigenvalue weighted by Crippen LogP contribution is -2.51. The van der Waals surface area contributed by atoms with Gasteiger partial charge in [-0.3, -0.25) is 4.79 Å². The molecule has 2 fully saturated rings. The summed E-state index contributed by atoms with van der Waals surface area (Å²) < 4.78 is 38.7. The van der Waals surface area contributed by atoms with Gasteiger partial charge >= 0.3 is 6.18 Å². The van der Waals surface area contributed by atoms with Gasteiger partial charge in [0.05, 0.1) is 5.41 Å². The lowest BCUT2D eigenvalue weighted by molar-refractivity contribution is -0.171. The van der Waals surface area contributed by atoms with E-state index in [1.807, 2.05) is 0 Å². The van der Waals surface area contributed by atoms with Crippen molar-refractivity contribution >= 4 is 11.6 Å². The molecule has 1 amide bonds. The normalized spacial score (nSPS) is 22.1. The molecule has 6 heteroatoms. The molecule has 2 aliphatic carbocycles. The van der Waals surface area contributed by atoms with Crippen molar-refractivity contribution in [2.75, 3.05) is 5.73 Å². The summed E-state index contributed by atoms with van der Waals surface area (Å²) in [5.41, 5.74) is 4.10. The van der Waals surface area contributed by atoms with Crippen molar-refractivity contribution < 1.29 is 18.0 Å². The molecule has 0 bridgehead atoms. The molecule has 0 atom stereocenters. The molecule has 0 aliphatic heterocycles. The third-order valence-electron chi connectivity index (χ3n) is 4.29. The molecule has 3 nitrogen and oxygen atoms in total. The van der Waals surface area contributed by atoms with E-state index in [-0.39, 0.29) is 12.8 Å². The van der Waals surface area contributed by atoms with E-state index in [9.17, 15) is 18.0 Å². The maximum absolute atomic E-state index is 12.9. The zero-order chi connectivity index (χ0) is 14.6. The van der Waals surface area contributed by atoms with Crippen LogP contribution in [0.4, 0.5) is 18.9 Å². The van der Waals surface area contributed by atoms with Crippen LogP contribution in [0.5, 0.6) is 0 Å². The average molecular weight is 284 g/mol. The van der Waals surface area contributed by atoms with Crippen molar-refractivity contribution in [2.24, 2.45) is 0 Å². The first kappa shape index (κ1) is 13.3. The van der Waals surface area contributed by atoms with E-state index >= 15 is 0 Å². The molecule has 0 unspecified atom stereocenters. The molecular weight excluding hydrogens is 269 g/mol. The van der Waals surface area contributed by atoms with Crippen molar-refractivity contribution in [1.82, 2.24) is 5.32 Å². The Morgan fingerprint density at radius 1 is 1.10 bits per heavy atom. The van der Waals surface area contributed by atoms with Crippen LogP contribution in [0, 0.1) is 0 Å². The Morgan fingerprint density at radius 2 is 1.65 bits per heavy atom. The van der Waals surface area contributed by atoms with Crippen LogP contribution in [-0.4, -0.2) is 17.6 Å². The first-order valence-corrected chi connectivity index (χ1v) is 6.55. The number of hydrogen-bond donors (Lipinski definition) is 2. The molecule has 1 aromatic rings. The van der Waals surface area contributed by atoms with Crippen molar-refractivity contribution in [2.45, 2.75) is 42.8 Å². The molecule has 3 rings (SSSR count). The number of nitrogens with one attached hydrogen (secondary N) is 1. The first-order valence-electron chi connectivity index (χ1n) is 6.55. The van der Waals surface area contributed by atoms with Crippen molar-refractivity contribution in [3.63, 3.8) is 0 Å². The number of halogens is 3. The molecule has 1 aromatic carbocycles. The molecular formula is C14H15F3N2O. The predicted octanol–water partition coefficient (Wildman–Crippen LogP) is 2.51. The Bertz CT molecular complexity index is 543. The summed E-state index contributed by atoms with van der Waals surface area (Å²) in [6.45, 7) is 0. The lowest BCUT2D eigenvalue weighted by Gasteiger charge is -2.24. The summed E-state index contributed by atoms with van der Waals surface area (Å²) in [4.78, 5) is 12.3. The Kier molecular flexibility index (Phi) is 2.59. The van der Waals surface area contributed by atoms with Crippen LogP contribution in [0.2, 0.25) is 0 Å².